The van der Waals surface area contributed by atoms with Crippen LogP contribution in [0.1, 0.15) is 30.0 Å². The van der Waals surface area contributed by atoms with Crippen LogP contribution in [0.4, 0.5) is 11.4 Å². The number of amides is 1. The molecule has 5 nitrogen and oxygen atoms in total. The van der Waals surface area contributed by atoms with Crippen molar-refractivity contribution in [3.05, 3.63) is 53.1 Å². The fourth-order valence-corrected chi connectivity index (χ4v) is 4.42. The highest BCUT2D eigenvalue weighted by Gasteiger charge is 2.39. The lowest BCUT2D eigenvalue weighted by Crippen LogP contribution is -2.17. The van der Waals surface area contributed by atoms with E-state index in [0.717, 1.165) is 17.5 Å². The van der Waals surface area contributed by atoms with Gasteiger partial charge in [0.1, 0.15) is 0 Å². The molecule has 2 unspecified atom stereocenters. The van der Waals surface area contributed by atoms with E-state index in [1.165, 1.54) is 6.07 Å². The molecule has 2 atom stereocenters. The Morgan fingerprint density at radius 2 is 1.73 bits per heavy atom. The van der Waals surface area contributed by atoms with E-state index in [0.29, 0.717) is 22.9 Å². The first-order valence-electron chi connectivity index (χ1n) is 8.69. The van der Waals surface area contributed by atoms with Crippen molar-refractivity contribution in [2.75, 3.05) is 10.0 Å². The van der Waals surface area contributed by atoms with Gasteiger partial charge in [0, 0.05) is 11.6 Å². The summed E-state index contributed by atoms with van der Waals surface area (Å²) in [6.45, 7) is 7.60. The Balaban J connectivity index is 1.86. The molecule has 0 bridgehead atoms. The smallest absolute Gasteiger partial charge is 0.262 e. The van der Waals surface area contributed by atoms with Crippen molar-refractivity contribution in [1.29, 1.82) is 0 Å². The summed E-state index contributed by atoms with van der Waals surface area (Å²) < 4.78 is 28.4. The van der Waals surface area contributed by atoms with Crippen molar-refractivity contribution in [3.63, 3.8) is 0 Å². The number of aryl methyl sites for hydroxylation is 3. The summed E-state index contributed by atoms with van der Waals surface area (Å²) in [4.78, 5) is 12.3. The van der Waals surface area contributed by atoms with Crippen LogP contribution in [0.2, 0.25) is 0 Å². The molecule has 1 fully saturated rings. The molecule has 0 spiro atoms. The molecule has 1 saturated carbocycles. The zero-order valence-corrected chi connectivity index (χ0v) is 16.3. The fraction of sp³-hybridized carbons (Fsp3) is 0.350. The number of hydrogen-bond donors (Lipinski definition) is 2. The quantitative estimate of drug-likeness (QED) is 0.833. The van der Waals surface area contributed by atoms with E-state index < -0.39 is 10.0 Å². The lowest BCUT2D eigenvalue weighted by molar-refractivity contribution is -0.117. The molecule has 1 aliphatic carbocycles. The predicted octanol–water partition coefficient (Wildman–Crippen LogP) is 4.01. The second-order valence-corrected chi connectivity index (χ2v) is 8.86. The third-order valence-electron chi connectivity index (χ3n) is 4.82. The van der Waals surface area contributed by atoms with Crippen LogP contribution in [-0.2, 0) is 14.8 Å². The molecule has 2 aromatic rings. The standard InChI is InChI=1S/C20H24N2O3S/c1-12-5-8-18(15(4)9-12)22-26(24,25)19-11-16(7-6-13(19)2)21-20(23)17-10-14(17)3/h5-9,11,14,17,22H,10H2,1-4H3,(H,21,23). The van der Waals surface area contributed by atoms with E-state index in [2.05, 4.69) is 10.0 Å². The Morgan fingerprint density at radius 3 is 2.35 bits per heavy atom. The van der Waals surface area contributed by atoms with Crippen LogP contribution in [0, 0.1) is 32.6 Å². The zero-order chi connectivity index (χ0) is 19.1. The highest BCUT2D eigenvalue weighted by Crippen LogP contribution is 2.38. The van der Waals surface area contributed by atoms with Gasteiger partial charge in [0.15, 0.2) is 0 Å². The van der Waals surface area contributed by atoms with Crippen LogP contribution < -0.4 is 10.0 Å². The van der Waals surface area contributed by atoms with Crippen molar-refractivity contribution >= 4 is 27.3 Å². The lowest BCUT2D eigenvalue weighted by atomic mass is 10.1. The summed E-state index contributed by atoms with van der Waals surface area (Å²) >= 11 is 0. The second-order valence-electron chi connectivity index (χ2n) is 7.21. The maximum absolute atomic E-state index is 12.9. The molecule has 1 aliphatic rings. The molecule has 0 aliphatic heterocycles. The Morgan fingerprint density at radius 1 is 1.04 bits per heavy atom. The second kappa shape index (κ2) is 6.76. The maximum Gasteiger partial charge on any atom is 0.262 e. The van der Waals surface area contributed by atoms with Gasteiger partial charge in [-0.15, -0.1) is 0 Å². The molecule has 1 amide bonds. The van der Waals surface area contributed by atoms with E-state index in [1.54, 1.807) is 25.1 Å². The highest BCUT2D eigenvalue weighted by molar-refractivity contribution is 7.92. The van der Waals surface area contributed by atoms with E-state index in [4.69, 9.17) is 0 Å². The summed E-state index contributed by atoms with van der Waals surface area (Å²) in [7, 11) is -3.75. The van der Waals surface area contributed by atoms with Crippen LogP contribution >= 0.6 is 0 Å². The van der Waals surface area contributed by atoms with E-state index >= 15 is 0 Å². The van der Waals surface area contributed by atoms with Gasteiger partial charge >= 0.3 is 0 Å². The van der Waals surface area contributed by atoms with Gasteiger partial charge in [-0.25, -0.2) is 8.42 Å². The van der Waals surface area contributed by atoms with Crippen molar-refractivity contribution < 1.29 is 13.2 Å². The third kappa shape index (κ3) is 3.90. The van der Waals surface area contributed by atoms with Crippen molar-refractivity contribution in [1.82, 2.24) is 0 Å². The highest BCUT2D eigenvalue weighted by atomic mass is 32.2. The predicted molar refractivity (Wildman–Crippen MR) is 104 cm³/mol. The Kier molecular flexibility index (Phi) is 4.80. The van der Waals surface area contributed by atoms with Crippen molar-refractivity contribution in [2.24, 2.45) is 11.8 Å². The molecule has 3 rings (SSSR count). The number of benzene rings is 2. The first kappa shape index (κ1) is 18.5. The van der Waals surface area contributed by atoms with Gasteiger partial charge in [-0.3, -0.25) is 9.52 Å². The SMILES string of the molecule is Cc1ccc(NS(=O)(=O)c2cc(NC(=O)C3CC3C)ccc2C)c(C)c1. The summed E-state index contributed by atoms with van der Waals surface area (Å²) in [5, 5.41) is 2.83. The summed E-state index contributed by atoms with van der Waals surface area (Å²) in [5.41, 5.74) is 3.61. The maximum atomic E-state index is 12.9. The Labute approximate surface area is 154 Å². The fourth-order valence-electron chi connectivity index (χ4n) is 3.02. The number of carbonyl (C=O) groups is 1. The van der Waals surface area contributed by atoms with Gasteiger partial charge in [0.25, 0.3) is 10.0 Å². The number of nitrogens with one attached hydrogen (secondary N) is 2. The number of rotatable bonds is 5. The van der Waals surface area contributed by atoms with Gasteiger partial charge in [0.05, 0.1) is 10.6 Å². The first-order chi connectivity index (χ1) is 12.2. The average molecular weight is 372 g/mol. The zero-order valence-electron chi connectivity index (χ0n) is 15.5. The lowest BCUT2D eigenvalue weighted by Gasteiger charge is -2.14. The summed E-state index contributed by atoms with van der Waals surface area (Å²) in [5.74, 6) is 0.381. The van der Waals surface area contributed by atoms with Crippen LogP contribution in [-0.4, -0.2) is 14.3 Å². The Bertz CT molecular complexity index is 967. The molecular weight excluding hydrogens is 348 g/mol. The van der Waals surface area contributed by atoms with E-state index in [-0.39, 0.29) is 16.7 Å². The molecule has 0 saturated heterocycles. The molecule has 2 aromatic carbocycles. The van der Waals surface area contributed by atoms with Gasteiger partial charge < -0.3 is 5.32 Å². The van der Waals surface area contributed by atoms with Gasteiger partial charge in [-0.05, 0) is 62.4 Å². The largest absolute Gasteiger partial charge is 0.326 e. The Hall–Kier alpha value is -2.34. The summed E-state index contributed by atoms with van der Waals surface area (Å²) in [6.07, 6.45) is 0.886. The molecule has 6 heteroatoms. The number of carbonyl (C=O) groups excluding carboxylic acids is 1. The minimum atomic E-state index is -3.75. The number of hydrogen-bond acceptors (Lipinski definition) is 3. The van der Waals surface area contributed by atoms with E-state index in [1.807, 2.05) is 32.9 Å². The van der Waals surface area contributed by atoms with Crippen LogP contribution in [0.5, 0.6) is 0 Å². The van der Waals surface area contributed by atoms with Gasteiger partial charge in [-0.1, -0.05) is 30.7 Å². The normalized spacial score (nSPS) is 19.1. The minimum Gasteiger partial charge on any atom is -0.326 e. The number of sulfonamides is 1. The summed E-state index contributed by atoms with van der Waals surface area (Å²) in [6, 6.07) is 10.5. The van der Waals surface area contributed by atoms with Gasteiger partial charge in [0.2, 0.25) is 5.91 Å². The minimum absolute atomic E-state index is 0.0321. The molecular formula is C20H24N2O3S. The van der Waals surface area contributed by atoms with Crippen LogP contribution in [0.3, 0.4) is 0 Å². The molecule has 138 valence electrons. The van der Waals surface area contributed by atoms with Crippen LogP contribution in [0.25, 0.3) is 0 Å². The van der Waals surface area contributed by atoms with Crippen LogP contribution in [0.15, 0.2) is 41.3 Å². The molecule has 26 heavy (non-hydrogen) atoms. The average Bonchev–Trinajstić information content (AvgIpc) is 3.29. The molecule has 0 aromatic heterocycles. The monoisotopic (exact) mass is 372 g/mol. The third-order valence-corrected chi connectivity index (χ3v) is 6.33. The topological polar surface area (TPSA) is 75.3 Å². The van der Waals surface area contributed by atoms with Crippen molar-refractivity contribution in [2.45, 2.75) is 39.0 Å². The van der Waals surface area contributed by atoms with Crippen molar-refractivity contribution in [3.8, 4) is 0 Å². The number of anilines is 2. The molecule has 2 N–H and O–H groups in total. The van der Waals surface area contributed by atoms with Gasteiger partial charge in [-0.2, -0.15) is 0 Å². The first-order valence-corrected chi connectivity index (χ1v) is 10.2. The molecule has 0 radical (unpaired) electrons. The molecule has 0 heterocycles. The van der Waals surface area contributed by atoms with E-state index in [9.17, 15) is 13.2 Å².